The van der Waals surface area contributed by atoms with Gasteiger partial charge in [-0.2, -0.15) is 5.26 Å². The van der Waals surface area contributed by atoms with Gasteiger partial charge in [-0.1, -0.05) is 27.7 Å². The van der Waals surface area contributed by atoms with E-state index in [1.54, 1.807) is 35.3 Å². The van der Waals surface area contributed by atoms with E-state index in [1.807, 2.05) is 27.7 Å². The van der Waals surface area contributed by atoms with E-state index in [1.165, 1.54) is 48.5 Å². The first-order valence-corrected chi connectivity index (χ1v) is 17.1. The fourth-order valence-electron chi connectivity index (χ4n) is 5.83. The number of morpholine rings is 1. The average Bonchev–Trinajstić information content (AvgIpc) is 3.81. The zero-order valence-corrected chi connectivity index (χ0v) is 29.9. The second-order valence-corrected chi connectivity index (χ2v) is 13.0. The molecule has 2 aliphatic rings. The van der Waals surface area contributed by atoms with Crippen molar-refractivity contribution in [2.45, 2.75) is 39.5 Å². The summed E-state index contributed by atoms with van der Waals surface area (Å²) in [5.41, 5.74) is 2.64. The van der Waals surface area contributed by atoms with Gasteiger partial charge in [-0.3, -0.25) is 25.0 Å². The van der Waals surface area contributed by atoms with E-state index in [0.29, 0.717) is 54.8 Å². The lowest BCUT2D eigenvalue weighted by Crippen LogP contribution is -2.40. The third-order valence-corrected chi connectivity index (χ3v) is 8.66. The molecule has 54 heavy (non-hydrogen) atoms. The maximum atomic E-state index is 14.0. The van der Waals surface area contributed by atoms with Crippen LogP contribution in [0.1, 0.15) is 72.3 Å². The monoisotopic (exact) mass is 732 g/mol. The summed E-state index contributed by atoms with van der Waals surface area (Å²) in [4.78, 5) is 45.0. The highest BCUT2D eigenvalue weighted by Crippen LogP contribution is 2.41. The highest BCUT2D eigenvalue weighted by atomic mass is 16.6. The third kappa shape index (κ3) is 8.14. The lowest BCUT2D eigenvalue weighted by Gasteiger charge is -2.26. The van der Waals surface area contributed by atoms with Gasteiger partial charge in [-0.05, 0) is 71.5 Å². The van der Waals surface area contributed by atoms with Crippen LogP contribution in [0.25, 0.3) is 5.76 Å². The molecule has 0 saturated carbocycles. The van der Waals surface area contributed by atoms with Crippen molar-refractivity contribution in [3.63, 3.8) is 0 Å². The molecule has 6 rings (SSSR count). The lowest BCUT2D eigenvalue weighted by molar-refractivity contribution is -0.385. The minimum atomic E-state index is -0.519. The molecule has 3 aromatic carbocycles. The molecule has 2 aliphatic heterocycles. The summed E-state index contributed by atoms with van der Waals surface area (Å²) >= 11 is 0. The maximum Gasteiger partial charge on any atom is 0.269 e. The first kappa shape index (κ1) is 37.0. The number of amides is 1. The summed E-state index contributed by atoms with van der Waals surface area (Å²) in [6.07, 6.45) is 3.29. The fourth-order valence-corrected chi connectivity index (χ4v) is 5.83. The van der Waals surface area contributed by atoms with Gasteiger partial charge in [0.2, 0.25) is 11.8 Å². The number of nitrogens with zero attached hydrogens (tertiary/aromatic N) is 5. The van der Waals surface area contributed by atoms with Crippen molar-refractivity contribution >= 4 is 28.9 Å². The molecule has 15 nitrogen and oxygen atoms in total. The van der Waals surface area contributed by atoms with Gasteiger partial charge in [0.25, 0.3) is 17.3 Å². The molecule has 0 bridgehead atoms. The number of aromatic nitrogens is 1. The second kappa shape index (κ2) is 15.8. The molecule has 0 atom stereocenters. The van der Waals surface area contributed by atoms with Crippen molar-refractivity contribution in [1.29, 1.82) is 5.26 Å². The number of aromatic amines is 1. The van der Waals surface area contributed by atoms with Crippen molar-refractivity contribution < 1.29 is 33.6 Å². The average molecular weight is 733 g/mol. The van der Waals surface area contributed by atoms with Gasteiger partial charge in [0, 0.05) is 43.4 Å². The summed E-state index contributed by atoms with van der Waals surface area (Å²) in [6.45, 7) is 9.43. The molecule has 0 radical (unpaired) electrons. The van der Waals surface area contributed by atoms with Gasteiger partial charge < -0.3 is 28.8 Å². The van der Waals surface area contributed by atoms with Crippen LogP contribution in [0.3, 0.4) is 0 Å². The summed E-state index contributed by atoms with van der Waals surface area (Å²) in [5.74, 6) is 1.09. The van der Waals surface area contributed by atoms with Gasteiger partial charge in [-0.25, -0.2) is 4.99 Å². The van der Waals surface area contributed by atoms with Crippen molar-refractivity contribution in [3.05, 3.63) is 133 Å². The van der Waals surface area contributed by atoms with E-state index in [0.717, 1.165) is 11.1 Å². The standard InChI is InChI=1S/C39H36N6O9/c1-23(2)30-19-25(22-40)20-31(24(3)4)36(30)54-37(33-13-14-35(41-33)52-28-9-5-26(6-10-28)44(47)48)34-21-32(39(46)43-15-17-51-18-16-43)38(42-34)53-29-11-7-27(8-12-29)45(49)50/h5-14,19-21,23-24,42H,15-18H2,1-4H3/b37-33+. The van der Waals surface area contributed by atoms with Crippen LogP contribution < -0.4 is 14.2 Å². The highest BCUT2D eigenvalue weighted by molar-refractivity contribution is 5.99. The number of benzene rings is 3. The molecule has 0 aliphatic carbocycles. The summed E-state index contributed by atoms with van der Waals surface area (Å²) < 4.78 is 24.5. The van der Waals surface area contributed by atoms with E-state index in [2.05, 4.69) is 11.1 Å². The fraction of sp³-hybridized carbons (Fsp3) is 0.256. The van der Waals surface area contributed by atoms with Crippen LogP contribution in [0.4, 0.5) is 11.4 Å². The molecule has 1 fully saturated rings. The molecular weight excluding hydrogens is 696 g/mol. The van der Waals surface area contributed by atoms with Gasteiger partial charge in [-0.15, -0.1) is 0 Å². The molecule has 0 unspecified atom stereocenters. The Labute approximate surface area is 310 Å². The molecular formula is C39H36N6O9. The Morgan fingerprint density at radius 1 is 0.870 bits per heavy atom. The quantitative estimate of drug-likeness (QED) is 0.0896. The van der Waals surface area contributed by atoms with Gasteiger partial charge in [0.05, 0.1) is 40.4 Å². The van der Waals surface area contributed by atoms with E-state index in [9.17, 15) is 30.3 Å². The highest BCUT2D eigenvalue weighted by Gasteiger charge is 2.29. The van der Waals surface area contributed by atoms with Crippen molar-refractivity contribution in [2.24, 2.45) is 4.99 Å². The number of nitriles is 1. The number of rotatable bonds is 11. The number of aliphatic imine (C=N–C) groups is 1. The Kier molecular flexibility index (Phi) is 10.9. The SMILES string of the molecule is CC(C)c1cc(C#N)cc(C(C)C)c1O/C(=C1\C=CC(Oc2ccc([N+](=O)[O-])cc2)=N1)c1cc(C(=O)N2CCOCC2)c(Oc2ccc([N+](=O)[O-])cc2)[nH]1. The molecule has 4 aromatic rings. The molecule has 1 N–H and O–H groups in total. The number of nitro benzene ring substituents is 2. The summed E-state index contributed by atoms with van der Waals surface area (Å²) in [6, 6.07) is 18.5. The number of ether oxygens (including phenoxy) is 4. The predicted octanol–water partition coefficient (Wildman–Crippen LogP) is 8.01. The van der Waals surface area contributed by atoms with Crippen LogP contribution in [-0.2, 0) is 4.74 Å². The zero-order valence-electron chi connectivity index (χ0n) is 29.9. The number of hydrogen-bond acceptors (Lipinski definition) is 11. The lowest BCUT2D eigenvalue weighted by atomic mass is 9.91. The minimum Gasteiger partial charge on any atom is -0.452 e. The van der Waals surface area contributed by atoms with Crippen molar-refractivity contribution in [2.75, 3.05) is 26.3 Å². The van der Waals surface area contributed by atoms with Crippen LogP contribution in [-0.4, -0.2) is 57.8 Å². The van der Waals surface area contributed by atoms with Crippen LogP contribution >= 0.6 is 0 Å². The first-order valence-electron chi connectivity index (χ1n) is 17.1. The Morgan fingerprint density at radius 3 is 1.94 bits per heavy atom. The van der Waals surface area contributed by atoms with E-state index >= 15 is 0 Å². The number of nitrogens with one attached hydrogen (secondary N) is 1. The molecule has 1 amide bonds. The van der Waals surface area contributed by atoms with Crippen LogP contribution in [0.5, 0.6) is 23.1 Å². The Morgan fingerprint density at radius 2 is 1.43 bits per heavy atom. The number of carbonyl (C=O) groups is 1. The summed E-state index contributed by atoms with van der Waals surface area (Å²) in [7, 11) is 0. The summed E-state index contributed by atoms with van der Waals surface area (Å²) in [5, 5.41) is 32.3. The number of nitro groups is 2. The van der Waals surface area contributed by atoms with Gasteiger partial charge in [0.15, 0.2) is 5.76 Å². The van der Waals surface area contributed by atoms with E-state index in [4.69, 9.17) is 23.9 Å². The molecule has 15 heteroatoms. The third-order valence-electron chi connectivity index (χ3n) is 8.66. The van der Waals surface area contributed by atoms with Gasteiger partial charge in [0.1, 0.15) is 28.5 Å². The molecule has 1 saturated heterocycles. The number of carbonyl (C=O) groups excluding carboxylic acids is 1. The molecule has 276 valence electrons. The Bertz CT molecular complexity index is 2190. The van der Waals surface area contributed by atoms with Gasteiger partial charge >= 0.3 is 0 Å². The van der Waals surface area contributed by atoms with Crippen LogP contribution in [0, 0.1) is 31.6 Å². The minimum absolute atomic E-state index is 0.0520. The van der Waals surface area contributed by atoms with Crippen LogP contribution in [0.15, 0.2) is 89.6 Å². The number of non-ortho nitro benzene ring substituents is 2. The zero-order chi connectivity index (χ0) is 38.5. The number of H-pyrrole nitrogens is 1. The topological polar surface area (TPSA) is 195 Å². The molecule has 0 spiro atoms. The van der Waals surface area contributed by atoms with E-state index in [-0.39, 0.29) is 58.0 Å². The normalized spacial score (nSPS) is 14.8. The number of hydrogen-bond donors (Lipinski definition) is 1. The largest absolute Gasteiger partial charge is 0.452 e. The van der Waals surface area contributed by atoms with E-state index < -0.39 is 9.85 Å². The maximum absolute atomic E-state index is 14.0. The Hall–Kier alpha value is -6.79. The first-order chi connectivity index (χ1) is 25.9. The number of allylic oxidation sites excluding steroid dienone is 1. The van der Waals surface area contributed by atoms with Crippen molar-refractivity contribution in [3.8, 4) is 29.2 Å². The molecule has 3 heterocycles. The van der Waals surface area contributed by atoms with Crippen LogP contribution in [0.2, 0.25) is 0 Å². The van der Waals surface area contributed by atoms with Crippen molar-refractivity contribution in [1.82, 2.24) is 9.88 Å². The predicted molar refractivity (Wildman–Crippen MR) is 198 cm³/mol. The second-order valence-electron chi connectivity index (χ2n) is 13.0. The smallest absolute Gasteiger partial charge is 0.269 e. The molecule has 1 aromatic heterocycles. The Balaban J connectivity index is 1.50.